The van der Waals surface area contributed by atoms with Crippen LogP contribution in [0.2, 0.25) is 0 Å². The van der Waals surface area contributed by atoms with Crippen molar-refractivity contribution in [3.63, 3.8) is 0 Å². The van der Waals surface area contributed by atoms with Gasteiger partial charge in [-0.15, -0.1) is 0 Å². The van der Waals surface area contributed by atoms with Gasteiger partial charge in [-0.25, -0.2) is 13.4 Å². The number of aromatic nitrogens is 1. The molecule has 3 rings (SSSR count). The smallest absolute Gasteiger partial charge is 0.270 e. The lowest BCUT2D eigenvalue weighted by Crippen LogP contribution is -2.36. The summed E-state index contributed by atoms with van der Waals surface area (Å²) in [5.74, 6) is -0.289. The van der Waals surface area contributed by atoms with Crippen LogP contribution in [-0.2, 0) is 9.84 Å². The summed E-state index contributed by atoms with van der Waals surface area (Å²) in [6.45, 7) is 0. The first-order valence-electron chi connectivity index (χ1n) is 7.70. The van der Waals surface area contributed by atoms with E-state index in [0.717, 1.165) is 5.69 Å². The molecule has 1 atom stereocenters. The molecule has 0 aliphatic carbocycles. The van der Waals surface area contributed by atoms with E-state index in [1.54, 1.807) is 36.4 Å². The van der Waals surface area contributed by atoms with Gasteiger partial charge >= 0.3 is 0 Å². The Bertz CT molecular complexity index is 916. The topological polar surface area (TPSA) is 112 Å². The fourth-order valence-electron chi connectivity index (χ4n) is 2.57. The summed E-state index contributed by atoms with van der Waals surface area (Å²) < 4.78 is 22.8. The second-order valence-corrected chi connectivity index (χ2v) is 8.05. The number of nitrogens with zero attached hydrogens (tertiary/aromatic N) is 2. The largest absolute Gasteiger partial charge is 0.354 e. The second-order valence-electron chi connectivity index (χ2n) is 5.82. The van der Waals surface area contributed by atoms with Crippen molar-refractivity contribution in [2.45, 2.75) is 12.5 Å². The van der Waals surface area contributed by atoms with Crippen molar-refractivity contribution in [3.8, 4) is 6.07 Å². The molecule has 25 heavy (non-hydrogen) atoms. The molecule has 0 bridgehead atoms. The maximum absolute atomic E-state index is 12.1. The van der Waals surface area contributed by atoms with Gasteiger partial charge in [-0.3, -0.25) is 4.79 Å². The zero-order chi connectivity index (χ0) is 17.9. The lowest BCUT2D eigenvalue weighted by Gasteiger charge is -2.11. The number of nitrogens with one attached hydrogen (secondary N) is 2. The standard InChI is InChI=1S/C17H16N4O3S/c18-9-12-1-3-13(4-2-12)20-14-5-6-16(19-10-14)17(22)21-15-7-8-25(23,24)11-15/h1-6,10,15,20H,7-8,11H2,(H,21,22). The van der Waals surface area contributed by atoms with Crippen LogP contribution >= 0.6 is 0 Å². The number of benzene rings is 1. The number of anilines is 2. The predicted octanol–water partition coefficient (Wildman–Crippen LogP) is 1.61. The van der Waals surface area contributed by atoms with Crippen molar-refractivity contribution < 1.29 is 13.2 Å². The molecule has 0 radical (unpaired) electrons. The van der Waals surface area contributed by atoms with E-state index in [1.807, 2.05) is 0 Å². The molecule has 1 saturated heterocycles. The van der Waals surface area contributed by atoms with Crippen LogP contribution in [0.15, 0.2) is 42.6 Å². The van der Waals surface area contributed by atoms with Gasteiger partial charge in [0, 0.05) is 11.7 Å². The Kier molecular flexibility index (Phi) is 4.67. The monoisotopic (exact) mass is 356 g/mol. The zero-order valence-electron chi connectivity index (χ0n) is 13.3. The minimum atomic E-state index is -3.03. The van der Waals surface area contributed by atoms with Gasteiger partial charge in [-0.2, -0.15) is 5.26 Å². The Morgan fingerprint density at radius 3 is 2.44 bits per heavy atom. The van der Waals surface area contributed by atoms with Gasteiger partial charge < -0.3 is 10.6 Å². The summed E-state index contributed by atoms with van der Waals surface area (Å²) in [6.07, 6.45) is 1.96. The van der Waals surface area contributed by atoms with E-state index < -0.39 is 9.84 Å². The molecule has 2 heterocycles. The number of rotatable bonds is 4. The predicted molar refractivity (Wildman–Crippen MR) is 93.2 cm³/mol. The van der Waals surface area contributed by atoms with Crippen LogP contribution < -0.4 is 10.6 Å². The molecular formula is C17H16N4O3S. The van der Waals surface area contributed by atoms with Gasteiger partial charge in [0.2, 0.25) is 0 Å². The van der Waals surface area contributed by atoms with Gasteiger partial charge in [0.05, 0.1) is 35.0 Å². The number of hydrogen-bond acceptors (Lipinski definition) is 6. The highest BCUT2D eigenvalue weighted by Gasteiger charge is 2.29. The molecule has 1 aliphatic heterocycles. The third kappa shape index (κ3) is 4.33. The SMILES string of the molecule is N#Cc1ccc(Nc2ccc(C(=O)NC3CCS(=O)(=O)C3)nc2)cc1. The molecule has 7 nitrogen and oxygen atoms in total. The van der Waals surface area contributed by atoms with E-state index in [2.05, 4.69) is 21.7 Å². The minimum Gasteiger partial charge on any atom is -0.354 e. The average Bonchev–Trinajstić information content (AvgIpc) is 2.94. The summed E-state index contributed by atoms with van der Waals surface area (Å²) in [5, 5.41) is 14.6. The molecule has 1 unspecified atom stereocenters. The molecule has 1 aliphatic rings. The minimum absolute atomic E-state index is 0.0168. The molecule has 0 spiro atoms. The highest BCUT2D eigenvalue weighted by atomic mass is 32.2. The zero-order valence-corrected chi connectivity index (χ0v) is 14.1. The molecular weight excluding hydrogens is 340 g/mol. The Labute approximate surface area is 145 Å². The van der Waals surface area contributed by atoms with Crippen molar-refractivity contribution >= 4 is 27.1 Å². The maximum Gasteiger partial charge on any atom is 0.270 e. The summed E-state index contributed by atoms with van der Waals surface area (Å²) in [5.41, 5.74) is 2.30. The maximum atomic E-state index is 12.1. The number of hydrogen-bond donors (Lipinski definition) is 2. The van der Waals surface area contributed by atoms with E-state index in [9.17, 15) is 13.2 Å². The van der Waals surface area contributed by atoms with Crippen LogP contribution in [-0.4, -0.2) is 36.9 Å². The van der Waals surface area contributed by atoms with Crippen molar-refractivity contribution in [1.29, 1.82) is 5.26 Å². The van der Waals surface area contributed by atoms with Crippen LogP contribution in [0.4, 0.5) is 11.4 Å². The molecule has 0 saturated carbocycles. The van der Waals surface area contributed by atoms with Gasteiger partial charge in [-0.05, 0) is 42.8 Å². The first-order chi connectivity index (χ1) is 11.9. The molecule has 1 aromatic carbocycles. The van der Waals surface area contributed by atoms with Crippen LogP contribution in [0.3, 0.4) is 0 Å². The average molecular weight is 356 g/mol. The molecule has 1 amide bonds. The summed E-state index contributed by atoms with van der Waals surface area (Å²) in [7, 11) is -3.03. The first-order valence-corrected chi connectivity index (χ1v) is 9.52. The molecule has 2 N–H and O–H groups in total. The van der Waals surface area contributed by atoms with Gasteiger partial charge in [0.15, 0.2) is 9.84 Å². The Morgan fingerprint density at radius 1 is 1.16 bits per heavy atom. The quantitative estimate of drug-likeness (QED) is 0.861. The number of carbonyl (C=O) groups is 1. The molecule has 2 aromatic rings. The summed E-state index contributed by atoms with van der Waals surface area (Å²) in [6, 6.07) is 11.9. The van der Waals surface area contributed by atoms with Gasteiger partial charge in [0.25, 0.3) is 5.91 Å². The van der Waals surface area contributed by atoms with Crippen LogP contribution in [0.25, 0.3) is 0 Å². The lowest BCUT2D eigenvalue weighted by molar-refractivity contribution is 0.0936. The Hall–Kier alpha value is -2.92. The number of pyridine rings is 1. The van der Waals surface area contributed by atoms with E-state index in [-0.39, 0.29) is 29.1 Å². The van der Waals surface area contributed by atoms with Crippen molar-refractivity contribution in [1.82, 2.24) is 10.3 Å². The summed E-state index contributed by atoms with van der Waals surface area (Å²) >= 11 is 0. The lowest BCUT2D eigenvalue weighted by atomic mass is 10.2. The van der Waals surface area contributed by atoms with E-state index in [0.29, 0.717) is 17.7 Å². The fourth-order valence-corrected chi connectivity index (χ4v) is 4.24. The van der Waals surface area contributed by atoms with E-state index in [4.69, 9.17) is 5.26 Å². The van der Waals surface area contributed by atoms with Crippen LogP contribution in [0.1, 0.15) is 22.5 Å². The Balaban J connectivity index is 1.61. The molecule has 128 valence electrons. The normalized spacial score (nSPS) is 18.3. The second kappa shape index (κ2) is 6.91. The number of sulfone groups is 1. The van der Waals surface area contributed by atoms with Gasteiger partial charge in [-0.1, -0.05) is 0 Å². The first kappa shape index (κ1) is 16.9. The highest BCUT2D eigenvalue weighted by molar-refractivity contribution is 7.91. The number of amides is 1. The number of nitriles is 1. The number of carbonyl (C=O) groups excluding carboxylic acids is 1. The molecule has 1 aromatic heterocycles. The summed E-state index contributed by atoms with van der Waals surface area (Å²) in [4.78, 5) is 16.2. The van der Waals surface area contributed by atoms with Crippen LogP contribution in [0, 0.1) is 11.3 Å². The van der Waals surface area contributed by atoms with E-state index >= 15 is 0 Å². The fraction of sp³-hybridized carbons (Fsp3) is 0.235. The van der Waals surface area contributed by atoms with Crippen molar-refractivity contribution in [2.24, 2.45) is 0 Å². The molecule has 1 fully saturated rings. The van der Waals surface area contributed by atoms with Crippen molar-refractivity contribution in [3.05, 3.63) is 53.9 Å². The third-order valence-electron chi connectivity index (χ3n) is 3.87. The third-order valence-corrected chi connectivity index (χ3v) is 5.63. The van der Waals surface area contributed by atoms with Gasteiger partial charge in [0.1, 0.15) is 5.69 Å². The highest BCUT2D eigenvalue weighted by Crippen LogP contribution is 2.17. The van der Waals surface area contributed by atoms with Crippen LogP contribution in [0.5, 0.6) is 0 Å². The van der Waals surface area contributed by atoms with E-state index in [1.165, 1.54) is 6.20 Å². The Morgan fingerprint density at radius 2 is 1.88 bits per heavy atom. The molecule has 8 heteroatoms. The van der Waals surface area contributed by atoms with Crippen molar-refractivity contribution in [2.75, 3.05) is 16.8 Å².